The van der Waals surface area contributed by atoms with Crippen molar-refractivity contribution < 1.29 is 14.7 Å². The van der Waals surface area contributed by atoms with E-state index in [0.29, 0.717) is 28.7 Å². The van der Waals surface area contributed by atoms with Crippen molar-refractivity contribution in [2.45, 2.75) is 51.5 Å². The molecule has 2 heterocycles. The first-order valence-electron chi connectivity index (χ1n) is 8.53. The predicted octanol–water partition coefficient (Wildman–Crippen LogP) is 1.88. The molecule has 3 rings (SSSR count). The number of aryl methyl sites for hydroxylation is 1. The maximum absolute atomic E-state index is 12.9. The van der Waals surface area contributed by atoms with Gasteiger partial charge in [-0.3, -0.25) is 19.0 Å². The molecule has 0 aromatic carbocycles. The van der Waals surface area contributed by atoms with Crippen LogP contribution in [-0.4, -0.2) is 33.1 Å². The van der Waals surface area contributed by atoms with Gasteiger partial charge >= 0.3 is 5.97 Å². The van der Waals surface area contributed by atoms with Crippen molar-refractivity contribution in [1.29, 1.82) is 0 Å². The molecule has 2 aromatic rings. The number of thiophene rings is 1. The van der Waals surface area contributed by atoms with Crippen LogP contribution in [0.1, 0.15) is 49.0 Å². The highest BCUT2D eigenvalue weighted by Gasteiger charge is 2.32. The Kier molecular flexibility index (Phi) is 5.17. The van der Waals surface area contributed by atoms with Crippen molar-refractivity contribution in [3.8, 4) is 0 Å². The Bertz CT molecular complexity index is 871. The summed E-state index contributed by atoms with van der Waals surface area (Å²) < 4.78 is 1.27. The molecule has 8 heteroatoms. The molecule has 25 heavy (non-hydrogen) atoms. The molecule has 1 amide bonds. The minimum absolute atomic E-state index is 0.103. The number of nitrogens with one attached hydrogen (secondary N) is 1. The SMILES string of the molecule is CCCCNC(=O)Cn1cnc2sc3c(c2c1=O)C(C(=O)O)CCC3. The van der Waals surface area contributed by atoms with Gasteiger partial charge in [-0.15, -0.1) is 11.3 Å². The molecule has 2 aromatic heterocycles. The van der Waals surface area contributed by atoms with E-state index in [4.69, 9.17) is 0 Å². The smallest absolute Gasteiger partial charge is 0.311 e. The van der Waals surface area contributed by atoms with Crippen LogP contribution in [0.15, 0.2) is 11.1 Å². The number of amides is 1. The number of unbranched alkanes of at least 4 members (excludes halogenated alkanes) is 1. The van der Waals surface area contributed by atoms with E-state index >= 15 is 0 Å². The van der Waals surface area contributed by atoms with E-state index in [9.17, 15) is 19.5 Å². The van der Waals surface area contributed by atoms with E-state index in [1.165, 1.54) is 22.2 Å². The molecular weight excluding hydrogens is 342 g/mol. The van der Waals surface area contributed by atoms with Crippen molar-refractivity contribution in [2.24, 2.45) is 0 Å². The van der Waals surface area contributed by atoms with Gasteiger partial charge in [-0.25, -0.2) is 4.98 Å². The third-order valence-electron chi connectivity index (χ3n) is 4.50. The van der Waals surface area contributed by atoms with Gasteiger partial charge in [0.05, 0.1) is 17.6 Å². The topological polar surface area (TPSA) is 101 Å². The first kappa shape index (κ1) is 17.6. The first-order valence-corrected chi connectivity index (χ1v) is 9.34. The van der Waals surface area contributed by atoms with Crippen LogP contribution < -0.4 is 10.9 Å². The van der Waals surface area contributed by atoms with E-state index in [0.717, 1.165) is 30.6 Å². The number of aromatic nitrogens is 2. The van der Waals surface area contributed by atoms with Crippen molar-refractivity contribution in [3.05, 3.63) is 27.1 Å². The van der Waals surface area contributed by atoms with Gasteiger partial charge in [0.1, 0.15) is 11.4 Å². The summed E-state index contributed by atoms with van der Waals surface area (Å²) in [6, 6.07) is 0. The number of hydrogen-bond donors (Lipinski definition) is 2. The molecule has 2 N–H and O–H groups in total. The third-order valence-corrected chi connectivity index (χ3v) is 5.68. The van der Waals surface area contributed by atoms with Gasteiger partial charge in [0.25, 0.3) is 5.56 Å². The quantitative estimate of drug-likeness (QED) is 0.763. The summed E-state index contributed by atoms with van der Waals surface area (Å²) in [7, 11) is 0. The second-order valence-corrected chi connectivity index (χ2v) is 7.37. The highest BCUT2D eigenvalue weighted by molar-refractivity contribution is 7.18. The lowest BCUT2D eigenvalue weighted by atomic mass is 9.86. The van der Waals surface area contributed by atoms with Crippen molar-refractivity contribution in [1.82, 2.24) is 14.9 Å². The number of rotatable bonds is 6. The third kappa shape index (κ3) is 3.44. The molecule has 0 aliphatic heterocycles. The van der Waals surface area contributed by atoms with Crippen molar-refractivity contribution in [3.63, 3.8) is 0 Å². The number of nitrogens with zero attached hydrogens (tertiary/aromatic N) is 2. The van der Waals surface area contributed by atoms with Crippen LogP contribution in [0.3, 0.4) is 0 Å². The Balaban J connectivity index is 1.97. The molecule has 1 unspecified atom stereocenters. The molecule has 7 nitrogen and oxygen atoms in total. The van der Waals surface area contributed by atoms with E-state index in [-0.39, 0.29) is 18.0 Å². The summed E-state index contributed by atoms with van der Waals surface area (Å²) in [4.78, 5) is 42.2. The number of carbonyl (C=O) groups excluding carboxylic acids is 1. The van der Waals surface area contributed by atoms with Crippen LogP contribution in [0.2, 0.25) is 0 Å². The van der Waals surface area contributed by atoms with E-state index in [1.807, 2.05) is 6.92 Å². The van der Waals surface area contributed by atoms with Gasteiger partial charge in [-0.1, -0.05) is 13.3 Å². The molecule has 0 radical (unpaired) electrons. The maximum atomic E-state index is 12.9. The molecule has 134 valence electrons. The monoisotopic (exact) mass is 363 g/mol. The number of fused-ring (bicyclic) bond motifs is 3. The molecule has 1 aliphatic carbocycles. The Labute approximate surface area is 148 Å². The largest absolute Gasteiger partial charge is 0.481 e. The zero-order valence-corrected chi connectivity index (χ0v) is 14.9. The zero-order chi connectivity index (χ0) is 18.0. The van der Waals surface area contributed by atoms with Crippen molar-refractivity contribution >= 4 is 33.4 Å². The summed E-state index contributed by atoms with van der Waals surface area (Å²) in [5.41, 5.74) is 0.276. The average molecular weight is 363 g/mol. The van der Waals surface area contributed by atoms with Gasteiger partial charge < -0.3 is 10.4 Å². The Morgan fingerprint density at radius 2 is 2.28 bits per heavy atom. The summed E-state index contributed by atoms with van der Waals surface area (Å²) in [6.07, 6.45) is 5.34. The van der Waals surface area contributed by atoms with Gasteiger partial charge in [-0.05, 0) is 31.2 Å². The highest BCUT2D eigenvalue weighted by atomic mass is 32.1. The van der Waals surface area contributed by atoms with E-state index < -0.39 is 11.9 Å². The van der Waals surface area contributed by atoms with Gasteiger partial charge in [0.15, 0.2) is 0 Å². The van der Waals surface area contributed by atoms with Crippen LogP contribution in [-0.2, 0) is 22.6 Å². The molecule has 0 saturated heterocycles. The van der Waals surface area contributed by atoms with E-state index in [1.54, 1.807) is 0 Å². The molecule has 1 aliphatic rings. The molecular formula is C17H21N3O4S. The fraction of sp³-hybridized carbons (Fsp3) is 0.529. The highest BCUT2D eigenvalue weighted by Crippen LogP contribution is 2.40. The summed E-state index contributed by atoms with van der Waals surface area (Å²) >= 11 is 1.39. The van der Waals surface area contributed by atoms with Crippen LogP contribution >= 0.6 is 11.3 Å². The standard InChI is InChI=1S/C17H21N3O4S/c1-2-3-7-18-12(21)8-20-9-19-15-14(16(20)22)13-10(17(23)24)5-4-6-11(13)25-15/h9-10H,2-8H2,1H3,(H,18,21)(H,23,24). The number of aliphatic carboxylic acids is 1. The maximum Gasteiger partial charge on any atom is 0.311 e. The normalized spacial score (nSPS) is 16.6. The summed E-state index contributed by atoms with van der Waals surface area (Å²) in [5, 5.41) is 12.6. The second kappa shape index (κ2) is 7.35. The summed E-state index contributed by atoms with van der Waals surface area (Å²) in [5.74, 6) is -1.82. The fourth-order valence-corrected chi connectivity index (χ4v) is 4.47. The molecule has 0 spiro atoms. The molecule has 0 bridgehead atoms. The minimum Gasteiger partial charge on any atom is -0.481 e. The number of carboxylic acid groups (broad SMARTS) is 1. The summed E-state index contributed by atoms with van der Waals surface area (Å²) in [6.45, 7) is 2.51. The first-order chi connectivity index (χ1) is 12.0. The Morgan fingerprint density at radius 3 is 3.00 bits per heavy atom. The zero-order valence-electron chi connectivity index (χ0n) is 14.1. The van der Waals surface area contributed by atoms with Crippen LogP contribution in [0.5, 0.6) is 0 Å². The number of carbonyl (C=O) groups is 2. The van der Waals surface area contributed by atoms with Gasteiger partial charge in [-0.2, -0.15) is 0 Å². The van der Waals surface area contributed by atoms with Gasteiger partial charge in [0.2, 0.25) is 5.91 Å². The second-order valence-electron chi connectivity index (χ2n) is 6.28. The minimum atomic E-state index is -0.909. The lowest BCUT2D eigenvalue weighted by molar-refractivity contribution is -0.139. The Morgan fingerprint density at radius 1 is 1.48 bits per heavy atom. The lowest BCUT2D eigenvalue weighted by Crippen LogP contribution is -2.33. The average Bonchev–Trinajstić information content (AvgIpc) is 2.96. The van der Waals surface area contributed by atoms with Crippen molar-refractivity contribution in [2.75, 3.05) is 6.54 Å². The molecule has 1 atom stereocenters. The fourth-order valence-electron chi connectivity index (χ4n) is 3.23. The van der Waals surface area contributed by atoms with Gasteiger partial charge in [0, 0.05) is 11.4 Å². The molecule has 0 saturated carbocycles. The predicted molar refractivity (Wildman–Crippen MR) is 95.1 cm³/mol. The number of carboxylic acids is 1. The lowest BCUT2D eigenvalue weighted by Gasteiger charge is -2.18. The Hall–Kier alpha value is -2.22. The van der Waals surface area contributed by atoms with Crippen LogP contribution in [0, 0.1) is 0 Å². The van der Waals surface area contributed by atoms with E-state index in [2.05, 4.69) is 10.3 Å². The van der Waals surface area contributed by atoms with Crippen LogP contribution in [0.4, 0.5) is 0 Å². The van der Waals surface area contributed by atoms with Crippen LogP contribution in [0.25, 0.3) is 10.2 Å². The molecule has 0 fully saturated rings. The number of hydrogen-bond acceptors (Lipinski definition) is 5.